The van der Waals surface area contributed by atoms with Gasteiger partial charge in [0, 0.05) is 17.2 Å². The topological polar surface area (TPSA) is 43.1 Å². The van der Waals surface area contributed by atoms with Gasteiger partial charge in [-0.25, -0.2) is 0 Å². The Morgan fingerprint density at radius 3 is 2.33 bits per heavy atom. The van der Waals surface area contributed by atoms with Crippen molar-refractivity contribution in [3.63, 3.8) is 0 Å². The van der Waals surface area contributed by atoms with E-state index in [-0.39, 0.29) is 15.4 Å². The van der Waals surface area contributed by atoms with Gasteiger partial charge in [-0.1, -0.05) is 11.8 Å². The zero-order chi connectivity index (χ0) is 10.7. The van der Waals surface area contributed by atoms with Gasteiger partial charge in [0.15, 0.2) is 5.12 Å². The summed E-state index contributed by atoms with van der Waals surface area (Å²) in [5, 5.41) is 0.278. The van der Waals surface area contributed by atoms with Crippen LogP contribution >= 0.6 is 11.8 Å². The van der Waals surface area contributed by atoms with Gasteiger partial charge in [0.1, 0.15) is 0 Å². The maximum Gasteiger partial charge on any atom is 0.186 e. The second-order valence-corrected chi connectivity index (χ2v) is 7.75. The normalized spacial score (nSPS) is 52.1. The van der Waals surface area contributed by atoms with Crippen molar-refractivity contribution < 1.29 is 4.79 Å². The fourth-order valence-electron chi connectivity index (χ4n) is 4.67. The predicted octanol–water partition coefficient (Wildman–Crippen LogP) is 2.32. The van der Waals surface area contributed by atoms with Crippen molar-refractivity contribution in [3.8, 4) is 0 Å². The fraction of sp³-hybridized carbons (Fsp3) is 0.917. The highest BCUT2D eigenvalue weighted by Crippen LogP contribution is 2.61. The van der Waals surface area contributed by atoms with Crippen LogP contribution < -0.4 is 5.73 Å². The van der Waals surface area contributed by atoms with Crippen LogP contribution in [0.4, 0.5) is 0 Å². The van der Waals surface area contributed by atoms with Crippen LogP contribution in [-0.4, -0.2) is 15.4 Å². The Kier molecular flexibility index (Phi) is 2.04. The van der Waals surface area contributed by atoms with E-state index >= 15 is 0 Å². The minimum atomic E-state index is 0.0759. The molecule has 0 heterocycles. The second kappa shape index (κ2) is 3.01. The maximum absolute atomic E-state index is 11.4. The van der Waals surface area contributed by atoms with Crippen LogP contribution in [0.1, 0.15) is 45.4 Å². The summed E-state index contributed by atoms with van der Waals surface area (Å²) in [6.07, 6.45) is 7.36. The van der Waals surface area contributed by atoms with Crippen LogP contribution in [0.15, 0.2) is 0 Å². The summed E-state index contributed by atoms with van der Waals surface area (Å²) in [5.41, 5.74) is 6.53. The van der Waals surface area contributed by atoms with E-state index in [0.29, 0.717) is 0 Å². The van der Waals surface area contributed by atoms with E-state index in [4.69, 9.17) is 5.73 Å². The molecular weight excluding hydrogens is 206 g/mol. The molecule has 2 atom stereocenters. The summed E-state index contributed by atoms with van der Waals surface area (Å²) in [6, 6.07) is 0. The first kappa shape index (κ1) is 10.2. The molecule has 4 fully saturated rings. The van der Waals surface area contributed by atoms with Crippen molar-refractivity contribution in [1.29, 1.82) is 0 Å². The number of carbonyl (C=O) groups is 1. The Morgan fingerprint density at radius 1 is 1.27 bits per heavy atom. The standard InChI is InChI=1S/C12H19NOS/c1-8(14)15-12-5-9-2-10(6-12)4-11(13,3-9)7-12/h9-10H,2-7,13H2,1H3. The summed E-state index contributed by atoms with van der Waals surface area (Å²) in [7, 11) is 0. The third kappa shape index (κ3) is 1.64. The molecule has 2 N–H and O–H groups in total. The van der Waals surface area contributed by atoms with E-state index in [2.05, 4.69) is 0 Å². The van der Waals surface area contributed by atoms with Crippen LogP contribution in [-0.2, 0) is 4.79 Å². The van der Waals surface area contributed by atoms with E-state index < -0.39 is 0 Å². The summed E-state index contributed by atoms with van der Waals surface area (Å²) in [5.74, 6) is 1.62. The Labute approximate surface area is 95.4 Å². The van der Waals surface area contributed by atoms with Gasteiger partial charge in [-0.3, -0.25) is 4.79 Å². The molecule has 84 valence electrons. The molecule has 4 aliphatic carbocycles. The van der Waals surface area contributed by atoms with Gasteiger partial charge >= 0.3 is 0 Å². The van der Waals surface area contributed by atoms with E-state index in [0.717, 1.165) is 18.3 Å². The number of nitrogens with two attached hydrogens (primary N) is 1. The number of hydrogen-bond acceptors (Lipinski definition) is 3. The molecular formula is C12H19NOS. The molecule has 4 bridgehead atoms. The molecule has 0 aliphatic heterocycles. The lowest BCUT2D eigenvalue weighted by atomic mass is 9.53. The number of carbonyl (C=O) groups excluding carboxylic acids is 1. The van der Waals surface area contributed by atoms with Gasteiger partial charge in [0.05, 0.1) is 0 Å². The highest BCUT2D eigenvalue weighted by atomic mass is 32.2. The first-order valence-electron chi connectivity index (χ1n) is 5.97. The van der Waals surface area contributed by atoms with Crippen molar-refractivity contribution in [1.82, 2.24) is 0 Å². The number of thioether (sulfide) groups is 1. The van der Waals surface area contributed by atoms with Crippen LogP contribution in [0.3, 0.4) is 0 Å². The Balaban J connectivity index is 1.89. The molecule has 0 saturated heterocycles. The highest BCUT2D eigenvalue weighted by Gasteiger charge is 2.56. The molecule has 2 unspecified atom stereocenters. The quantitative estimate of drug-likeness (QED) is 0.744. The molecule has 3 heteroatoms. The zero-order valence-electron chi connectivity index (χ0n) is 9.29. The van der Waals surface area contributed by atoms with Crippen LogP contribution in [0, 0.1) is 11.8 Å². The Hall–Kier alpha value is -0.0200. The largest absolute Gasteiger partial charge is 0.325 e. The molecule has 0 aromatic rings. The van der Waals surface area contributed by atoms with Crippen LogP contribution in [0.2, 0.25) is 0 Å². The number of rotatable bonds is 1. The summed E-state index contributed by atoms with van der Waals surface area (Å²) < 4.78 is 0.227. The van der Waals surface area contributed by atoms with Crippen LogP contribution in [0.5, 0.6) is 0 Å². The average molecular weight is 225 g/mol. The van der Waals surface area contributed by atoms with Crippen molar-refractivity contribution in [2.75, 3.05) is 0 Å². The minimum Gasteiger partial charge on any atom is -0.325 e. The molecule has 0 amide bonds. The fourth-order valence-corrected chi connectivity index (χ4v) is 6.28. The van der Waals surface area contributed by atoms with Gasteiger partial charge in [0.25, 0.3) is 0 Å². The van der Waals surface area contributed by atoms with Gasteiger partial charge < -0.3 is 5.73 Å². The Morgan fingerprint density at radius 2 is 1.87 bits per heavy atom. The number of hydrogen-bond donors (Lipinski definition) is 1. The van der Waals surface area contributed by atoms with E-state index in [9.17, 15) is 4.79 Å². The lowest BCUT2D eigenvalue weighted by molar-refractivity contribution is -0.109. The first-order valence-corrected chi connectivity index (χ1v) is 6.79. The average Bonchev–Trinajstić information content (AvgIpc) is 1.94. The third-order valence-corrected chi connectivity index (χ3v) is 5.61. The third-order valence-electron chi connectivity index (χ3n) is 4.41. The SMILES string of the molecule is CC(=O)SC12CC3CC(CC(N)(C3)C1)C2. The zero-order valence-corrected chi connectivity index (χ0v) is 10.1. The van der Waals surface area contributed by atoms with Crippen LogP contribution in [0.25, 0.3) is 0 Å². The smallest absolute Gasteiger partial charge is 0.186 e. The molecule has 0 aromatic carbocycles. The summed E-state index contributed by atoms with van der Waals surface area (Å²) in [4.78, 5) is 11.4. The molecule has 15 heavy (non-hydrogen) atoms. The van der Waals surface area contributed by atoms with E-state index in [1.165, 1.54) is 32.1 Å². The predicted molar refractivity (Wildman–Crippen MR) is 62.6 cm³/mol. The lowest BCUT2D eigenvalue weighted by Crippen LogP contribution is -2.61. The van der Waals surface area contributed by atoms with E-state index in [1.807, 2.05) is 0 Å². The van der Waals surface area contributed by atoms with Crippen molar-refractivity contribution in [3.05, 3.63) is 0 Å². The van der Waals surface area contributed by atoms with Crippen molar-refractivity contribution >= 4 is 16.9 Å². The molecule has 0 radical (unpaired) electrons. The molecule has 4 aliphatic rings. The monoisotopic (exact) mass is 225 g/mol. The summed E-state index contributed by atoms with van der Waals surface area (Å²) in [6.45, 7) is 1.70. The van der Waals surface area contributed by atoms with Gasteiger partial charge in [0.2, 0.25) is 0 Å². The minimum absolute atomic E-state index is 0.0759. The highest BCUT2D eigenvalue weighted by molar-refractivity contribution is 8.14. The van der Waals surface area contributed by atoms with Gasteiger partial charge in [-0.15, -0.1) is 0 Å². The Bertz CT molecular complexity index is 301. The maximum atomic E-state index is 11.4. The van der Waals surface area contributed by atoms with Gasteiger partial charge in [-0.05, 0) is 50.4 Å². The lowest BCUT2D eigenvalue weighted by Gasteiger charge is -2.60. The first-order chi connectivity index (χ1) is 6.99. The van der Waals surface area contributed by atoms with E-state index in [1.54, 1.807) is 18.7 Å². The molecule has 0 spiro atoms. The molecule has 4 saturated carbocycles. The van der Waals surface area contributed by atoms with Crippen molar-refractivity contribution in [2.45, 2.75) is 55.7 Å². The van der Waals surface area contributed by atoms with Crippen molar-refractivity contribution in [2.24, 2.45) is 17.6 Å². The molecule has 4 rings (SSSR count). The molecule has 0 aromatic heterocycles. The molecule has 2 nitrogen and oxygen atoms in total. The summed E-state index contributed by atoms with van der Waals surface area (Å²) >= 11 is 1.59. The second-order valence-electron chi connectivity index (χ2n) is 6.10. The van der Waals surface area contributed by atoms with Gasteiger partial charge in [-0.2, -0.15) is 0 Å².